The van der Waals surface area contributed by atoms with Crippen LogP contribution in [0, 0.1) is 0 Å². The predicted octanol–water partition coefficient (Wildman–Crippen LogP) is 2.34. The molecule has 2 aromatic rings. The molecule has 0 spiro atoms. The molecule has 0 aromatic carbocycles. The molecular weight excluding hydrogens is 222 g/mol. The van der Waals surface area contributed by atoms with Crippen LogP contribution < -0.4 is 0 Å². The summed E-state index contributed by atoms with van der Waals surface area (Å²) in [7, 11) is 0. The van der Waals surface area contributed by atoms with Crippen LogP contribution in [0.1, 0.15) is 11.3 Å². The summed E-state index contributed by atoms with van der Waals surface area (Å²) in [5, 5.41) is 13.2. The van der Waals surface area contributed by atoms with Crippen LogP contribution in [0.25, 0.3) is 0 Å². The molecule has 16 heavy (non-hydrogen) atoms. The van der Waals surface area contributed by atoms with Gasteiger partial charge in [-0.25, -0.2) is 0 Å². The van der Waals surface area contributed by atoms with Crippen molar-refractivity contribution in [3.8, 4) is 0 Å². The monoisotopic (exact) mass is 237 g/mol. The molecule has 0 aliphatic heterocycles. The number of hydrogen-bond acceptors (Lipinski definition) is 4. The fraction of sp³-hybridized carbons (Fsp3) is 0.333. The summed E-state index contributed by atoms with van der Waals surface area (Å²) in [4.78, 5) is 2.17. The van der Waals surface area contributed by atoms with Crippen LogP contribution in [0.2, 0.25) is 0 Å². The Bertz CT molecular complexity index is 347. The minimum atomic E-state index is 0.171. The van der Waals surface area contributed by atoms with Gasteiger partial charge in [-0.05, 0) is 34.5 Å². The maximum atomic E-state index is 9.02. The Balaban J connectivity index is 1.94. The van der Waals surface area contributed by atoms with E-state index in [0.717, 1.165) is 18.8 Å². The first-order valence-corrected chi connectivity index (χ1v) is 6.19. The summed E-state index contributed by atoms with van der Waals surface area (Å²) in [6, 6.07) is 5.95. The molecule has 0 radical (unpaired) electrons. The molecule has 2 aromatic heterocycles. The summed E-state index contributed by atoms with van der Waals surface area (Å²) in [5.74, 6) is 0.934. The van der Waals surface area contributed by atoms with E-state index in [2.05, 4.69) is 21.7 Å². The molecule has 4 heteroatoms. The molecular formula is C12H15NO2S. The van der Waals surface area contributed by atoms with E-state index in [0.29, 0.717) is 6.54 Å². The Morgan fingerprint density at radius 2 is 2.25 bits per heavy atom. The van der Waals surface area contributed by atoms with Crippen molar-refractivity contribution in [3.63, 3.8) is 0 Å². The van der Waals surface area contributed by atoms with Crippen molar-refractivity contribution in [3.05, 3.63) is 46.5 Å². The van der Waals surface area contributed by atoms with Gasteiger partial charge in [-0.1, -0.05) is 0 Å². The normalized spacial score (nSPS) is 11.1. The lowest BCUT2D eigenvalue weighted by molar-refractivity contribution is 0.175. The van der Waals surface area contributed by atoms with Gasteiger partial charge in [-0.15, -0.1) is 0 Å². The van der Waals surface area contributed by atoms with Gasteiger partial charge in [0.05, 0.1) is 19.4 Å². The molecule has 0 aliphatic rings. The predicted molar refractivity (Wildman–Crippen MR) is 64.2 cm³/mol. The highest BCUT2D eigenvalue weighted by Gasteiger charge is 2.08. The van der Waals surface area contributed by atoms with Crippen molar-refractivity contribution in [2.24, 2.45) is 0 Å². The average Bonchev–Trinajstić information content (AvgIpc) is 2.91. The molecule has 1 N–H and O–H groups in total. The van der Waals surface area contributed by atoms with E-state index in [1.165, 1.54) is 5.56 Å². The van der Waals surface area contributed by atoms with Gasteiger partial charge in [-0.2, -0.15) is 11.3 Å². The van der Waals surface area contributed by atoms with E-state index in [1.54, 1.807) is 17.6 Å². The van der Waals surface area contributed by atoms with Crippen molar-refractivity contribution >= 4 is 11.3 Å². The SMILES string of the molecule is OCCN(Cc1ccsc1)Cc1ccco1. The van der Waals surface area contributed by atoms with Crippen LogP contribution in [0.3, 0.4) is 0 Å². The first-order chi connectivity index (χ1) is 7.88. The van der Waals surface area contributed by atoms with E-state index < -0.39 is 0 Å². The Kier molecular flexibility index (Phi) is 4.16. The third-order valence-corrected chi connectivity index (χ3v) is 3.09. The molecule has 2 rings (SSSR count). The van der Waals surface area contributed by atoms with Gasteiger partial charge < -0.3 is 9.52 Å². The van der Waals surface area contributed by atoms with E-state index >= 15 is 0 Å². The molecule has 0 atom stereocenters. The number of aliphatic hydroxyl groups excluding tert-OH is 1. The van der Waals surface area contributed by atoms with Crippen LogP contribution in [0.4, 0.5) is 0 Å². The van der Waals surface area contributed by atoms with Gasteiger partial charge in [0, 0.05) is 13.1 Å². The number of hydrogen-bond donors (Lipinski definition) is 1. The zero-order chi connectivity index (χ0) is 11.2. The lowest BCUT2D eigenvalue weighted by Gasteiger charge is -2.19. The summed E-state index contributed by atoms with van der Waals surface area (Å²) < 4.78 is 5.31. The van der Waals surface area contributed by atoms with Crippen molar-refractivity contribution in [1.29, 1.82) is 0 Å². The highest BCUT2D eigenvalue weighted by atomic mass is 32.1. The fourth-order valence-electron chi connectivity index (χ4n) is 1.62. The smallest absolute Gasteiger partial charge is 0.117 e. The van der Waals surface area contributed by atoms with Gasteiger partial charge in [-0.3, -0.25) is 4.90 Å². The van der Waals surface area contributed by atoms with E-state index in [9.17, 15) is 0 Å². The maximum absolute atomic E-state index is 9.02. The topological polar surface area (TPSA) is 36.6 Å². The number of rotatable bonds is 6. The number of furan rings is 1. The second-order valence-corrected chi connectivity index (χ2v) is 4.43. The van der Waals surface area contributed by atoms with Crippen LogP contribution >= 0.6 is 11.3 Å². The van der Waals surface area contributed by atoms with Gasteiger partial charge in [0.25, 0.3) is 0 Å². The van der Waals surface area contributed by atoms with E-state index in [4.69, 9.17) is 9.52 Å². The second kappa shape index (κ2) is 5.84. The molecule has 0 unspecified atom stereocenters. The average molecular weight is 237 g/mol. The second-order valence-electron chi connectivity index (χ2n) is 3.65. The summed E-state index contributed by atoms with van der Waals surface area (Å²) >= 11 is 1.70. The molecule has 0 amide bonds. The van der Waals surface area contributed by atoms with Gasteiger partial charge in [0.2, 0.25) is 0 Å². The fourth-order valence-corrected chi connectivity index (χ4v) is 2.28. The van der Waals surface area contributed by atoms with Crippen LogP contribution in [-0.4, -0.2) is 23.2 Å². The molecule has 0 saturated heterocycles. The van der Waals surface area contributed by atoms with Gasteiger partial charge in [0.1, 0.15) is 5.76 Å². The van der Waals surface area contributed by atoms with Crippen LogP contribution in [0.15, 0.2) is 39.6 Å². The quantitative estimate of drug-likeness (QED) is 0.837. The first kappa shape index (κ1) is 11.4. The Morgan fingerprint density at radius 1 is 1.31 bits per heavy atom. The zero-order valence-electron chi connectivity index (χ0n) is 9.00. The standard InChI is InChI=1S/C12H15NO2S/c14-5-4-13(8-11-3-7-16-10-11)9-12-2-1-6-15-12/h1-3,6-7,10,14H,4-5,8-9H2. The Labute approximate surface area is 98.9 Å². The molecule has 0 bridgehead atoms. The maximum Gasteiger partial charge on any atom is 0.117 e. The number of aliphatic hydroxyl groups is 1. The highest BCUT2D eigenvalue weighted by Crippen LogP contribution is 2.12. The van der Waals surface area contributed by atoms with E-state index in [1.807, 2.05) is 12.1 Å². The van der Waals surface area contributed by atoms with Gasteiger partial charge >= 0.3 is 0 Å². The van der Waals surface area contributed by atoms with E-state index in [-0.39, 0.29) is 6.61 Å². The van der Waals surface area contributed by atoms with Crippen molar-refractivity contribution in [2.75, 3.05) is 13.2 Å². The van der Waals surface area contributed by atoms with Crippen molar-refractivity contribution in [1.82, 2.24) is 4.90 Å². The molecule has 3 nitrogen and oxygen atoms in total. The number of nitrogens with zero attached hydrogens (tertiary/aromatic N) is 1. The molecule has 2 heterocycles. The molecule has 0 fully saturated rings. The lowest BCUT2D eigenvalue weighted by atomic mass is 10.3. The van der Waals surface area contributed by atoms with Crippen molar-refractivity contribution < 1.29 is 9.52 Å². The molecule has 0 saturated carbocycles. The largest absolute Gasteiger partial charge is 0.468 e. The highest BCUT2D eigenvalue weighted by molar-refractivity contribution is 7.07. The zero-order valence-corrected chi connectivity index (χ0v) is 9.82. The summed E-state index contributed by atoms with van der Waals surface area (Å²) in [6.45, 7) is 2.43. The molecule has 0 aliphatic carbocycles. The lowest BCUT2D eigenvalue weighted by Crippen LogP contribution is -2.25. The third kappa shape index (κ3) is 3.20. The summed E-state index contributed by atoms with van der Waals surface area (Å²) in [5.41, 5.74) is 1.28. The van der Waals surface area contributed by atoms with Crippen LogP contribution in [-0.2, 0) is 13.1 Å². The number of thiophene rings is 1. The minimum absolute atomic E-state index is 0.171. The third-order valence-electron chi connectivity index (χ3n) is 2.36. The van der Waals surface area contributed by atoms with Gasteiger partial charge in [0.15, 0.2) is 0 Å². The minimum Gasteiger partial charge on any atom is -0.468 e. The Morgan fingerprint density at radius 3 is 2.88 bits per heavy atom. The first-order valence-electron chi connectivity index (χ1n) is 5.25. The Hall–Kier alpha value is -1.10. The van der Waals surface area contributed by atoms with Crippen LogP contribution in [0.5, 0.6) is 0 Å². The summed E-state index contributed by atoms with van der Waals surface area (Å²) in [6.07, 6.45) is 1.68. The molecule has 86 valence electrons. The van der Waals surface area contributed by atoms with Crippen molar-refractivity contribution in [2.45, 2.75) is 13.1 Å².